The molecule has 1 amide bonds. The molecule has 0 unspecified atom stereocenters. The summed E-state index contributed by atoms with van der Waals surface area (Å²) in [6.07, 6.45) is 1.88. The normalized spacial score (nSPS) is 14.4. The molecule has 2 heterocycles. The minimum absolute atomic E-state index is 0.155. The molecule has 0 aliphatic carbocycles. The van der Waals surface area contributed by atoms with Crippen LogP contribution in [0, 0.1) is 11.3 Å². The summed E-state index contributed by atoms with van der Waals surface area (Å²) >= 11 is 0. The Kier molecular flexibility index (Phi) is 7.09. The van der Waals surface area contributed by atoms with E-state index < -0.39 is 0 Å². The molecule has 1 aromatic heterocycles. The number of amides is 1. The topological polar surface area (TPSA) is 90.3 Å². The number of pyridine rings is 1. The van der Waals surface area contributed by atoms with E-state index in [0.29, 0.717) is 29.3 Å². The van der Waals surface area contributed by atoms with Gasteiger partial charge in [0.05, 0.1) is 24.6 Å². The third kappa shape index (κ3) is 5.03. The Bertz CT molecular complexity index is 1260. The minimum atomic E-state index is -0.155. The van der Waals surface area contributed by atoms with Crippen LogP contribution in [-0.2, 0) is 0 Å². The highest BCUT2D eigenvalue weighted by atomic mass is 16.5. The van der Waals surface area contributed by atoms with E-state index in [1.165, 1.54) is 0 Å². The average Bonchev–Trinajstić information content (AvgIpc) is 2.87. The number of benzene rings is 2. The highest BCUT2D eigenvalue weighted by Gasteiger charge is 2.20. The van der Waals surface area contributed by atoms with Gasteiger partial charge in [-0.05, 0) is 56.6 Å². The fraction of sp³-hybridized carbons (Fsp3) is 0.296. The highest BCUT2D eigenvalue weighted by molar-refractivity contribution is 6.06. The summed E-state index contributed by atoms with van der Waals surface area (Å²) in [4.78, 5) is 20.0. The molecular weight excluding hydrogens is 426 g/mol. The first kappa shape index (κ1) is 23.3. The van der Waals surface area contributed by atoms with Gasteiger partial charge in [0.15, 0.2) is 0 Å². The summed E-state index contributed by atoms with van der Waals surface area (Å²) in [7, 11) is 3.71. The monoisotopic (exact) mass is 455 g/mol. The number of fused-ring (bicyclic) bond motifs is 1. The van der Waals surface area contributed by atoms with Crippen LogP contribution in [0.15, 0.2) is 60.7 Å². The number of anilines is 1. The molecule has 4 rings (SSSR count). The van der Waals surface area contributed by atoms with Gasteiger partial charge in [-0.15, -0.1) is 0 Å². The van der Waals surface area contributed by atoms with Crippen LogP contribution >= 0.6 is 0 Å². The van der Waals surface area contributed by atoms with E-state index in [4.69, 9.17) is 15.0 Å². The molecule has 0 radical (unpaired) electrons. The summed E-state index contributed by atoms with van der Waals surface area (Å²) in [6.45, 7) is 6.01. The second-order valence-corrected chi connectivity index (χ2v) is 8.57. The van der Waals surface area contributed by atoms with Gasteiger partial charge in [-0.2, -0.15) is 5.26 Å². The van der Waals surface area contributed by atoms with Gasteiger partial charge >= 0.3 is 0 Å². The molecule has 1 aliphatic heterocycles. The van der Waals surface area contributed by atoms with E-state index in [0.717, 1.165) is 48.0 Å². The van der Waals surface area contributed by atoms with E-state index in [1.807, 2.05) is 42.5 Å². The first-order valence-corrected chi connectivity index (χ1v) is 11.4. The van der Waals surface area contributed by atoms with E-state index in [-0.39, 0.29) is 11.9 Å². The lowest BCUT2D eigenvalue weighted by Gasteiger charge is -2.29. The lowest BCUT2D eigenvalue weighted by molar-refractivity contribution is 0.0912. The summed E-state index contributed by atoms with van der Waals surface area (Å²) in [5.41, 5.74) is 3.13. The van der Waals surface area contributed by atoms with Crippen LogP contribution in [0.25, 0.3) is 22.0 Å². The average molecular weight is 456 g/mol. The summed E-state index contributed by atoms with van der Waals surface area (Å²) < 4.78 is 5.60. The quantitative estimate of drug-likeness (QED) is 0.518. The van der Waals surface area contributed by atoms with Crippen molar-refractivity contribution in [3.63, 3.8) is 0 Å². The molecule has 1 fully saturated rings. The molecular formula is C27H29N5O2. The van der Waals surface area contributed by atoms with Crippen molar-refractivity contribution in [1.82, 2.24) is 15.2 Å². The molecule has 3 aromatic rings. The molecule has 2 aromatic carbocycles. The van der Waals surface area contributed by atoms with Crippen LogP contribution in [0.4, 0.5) is 5.69 Å². The molecule has 0 spiro atoms. The van der Waals surface area contributed by atoms with Crippen molar-refractivity contribution in [1.29, 1.82) is 5.26 Å². The van der Waals surface area contributed by atoms with Crippen molar-refractivity contribution in [3.8, 4) is 23.1 Å². The fourth-order valence-corrected chi connectivity index (χ4v) is 4.28. The zero-order valence-corrected chi connectivity index (χ0v) is 19.6. The SMILES string of the molecule is C=C(C#N)CNc1c(OC)ccc2cccc(-c3cccc(C(=O)NC4CCN(C)CC4)n3)c12. The number of nitrogens with zero attached hydrogens (tertiary/aromatic N) is 3. The number of methoxy groups -OCH3 is 1. The summed E-state index contributed by atoms with van der Waals surface area (Å²) in [5.74, 6) is 0.500. The summed E-state index contributed by atoms with van der Waals surface area (Å²) in [5, 5.41) is 17.5. The second kappa shape index (κ2) is 10.4. The second-order valence-electron chi connectivity index (χ2n) is 8.57. The number of carbonyl (C=O) groups is 1. The van der Waals surface area contributed by atoms with Gasteiger partial charge < -0.3 is 20.3 Å². The number of likely N-dealkylation sites (tertiary alicyclic amines) is 1. The van der Waals surface area contributed by atoms with E-state index in [2.05, 4.69) is 35.2 Å². The highest BCUT2D eigenvalue weighted by Crippen LogP contribution is 2.39. The maximum Gasteiger partial charge on any atom is 0.270 e. The fourth-order valence-electron chi connectivity index (χ4n) is 4.28. The molecule has 174 valence electrons. The van der Waals surface area contributed by atoms with Crippen molar-refractivity contribution in [3.05, 3.63) is 66.4 Å². The number of piperidine rings is 1. The number of ether oxygens (including phenoxy) is 1. The third-order valence-corrected chi connectivity index (χ3v) is 6.18. The molecule has 2 N–H and O–H groups in total. The molecule has 1 saturated heterocycles. The first-order valence-electron chi connectivity index (χ1n) is 11.4. The zero-order valence-electron chi connectivity index (χ0n) is 19.6. The van der Waals surface area contributed by atoms with E-state index >= 15 is 0 Å². The number of nitrogens with one attached hydrogen (secondary N) is 2. The molecule has 34 heavy (non-hydrogen) atoms. The van der Waals surface area contributed by atoms with Gasteiger partial charge in [-0.25, -0.2) is 4.98 Å². The molecule has 0 bridgehead atoms. The molecule has 1 aliphatic rings. The van der Waals surface area contributed by atoms with Crippen LogP contribution in [0.2, 0.25) is 0 Å². The third-order valence-electron chi connectivity index (χ3n) is 6.18. The van der Waals surface area contributed by atoms with Gasteiger partial charge in [0.1, 0.15) is 11.4 Å². The summed E-state index contributed by atoms with van der Waals surface area (Å²) in [6, 6.07) is 17.6. The van der Waals surface area contributed by atoms with Crippen LogP contribution in [-0.4, -0.2) is 55.6 Å². The standard InChI is InChI=1S/C27H29N5O2/c1-18(16-28)17-29-26-24(34-3)11-10-19-6-4-7-21(25(19)26)22-8-5-9-23(31-22)27(33)30-20-12-14-32(2)15-13-20/h4-11,20,29H,1,12-15,17H2,2-3H3,(H,30,33). The van der Waals surface area contributed by atoms with Gasteiger partial charge in [0, 0.05) is 29.1 Å². The Balaban J connectivity index is 1.70. The number of carbonyl (C=O) groups excluding carboxylic acids is 1. The molecule has 7 heteroatoms. The minimum Gasteiger partial charge on any atom is -0.495 e. The van der Waals surface area contributed by atoms with Crippen molar-refractivity contribution in [2.45, 2.75) is 18.9 Å². The zero-order chi connectivity index (χ0) is 24.1. The Morgan fingerprint density at radius 2 is 1.97 bits per heavy atom. The van der Waals surface area contributed by atoms with Crippen LogP contribution < -0.4 is 15.4 Å². The van der Waals surface area contributed by atoms with Gasteiger partial charge in [-0.3, -0.25) is 4.79 Å². The smallest absolute Gasteiger partial charge is 0.270 e. The van der Waals surface area contributed by atoms with Crippen molar-refractivity contribution >= 4 is 22.4 Å². The lowest BCUT2D eigenvalue weighted by Crippen LogP contribution is -2.43. The van der Waals surface area contributed by atoms with Crippen molar-refractivity contribution < 1.29 is 9.53 Å². The first-order chi connectivity index (χ1) is 16.5. The van der Waals surface area contributed by atoms with Crippen LogP contribution in [0.5, 0.6) is 5.75 Å². The van der Waals surface area contributed by atoms with Gasteiger partial charge in [0.2, 0.25) is 0 Å². The number of hydrogen-bond donors (Lipinski definition) is 2. The number of nitriles is 1. The Morgan fingerprint density at radius 1 is 1.21 bits per heavy atom. The Labute approximate surface area is 200 Å². The van der Waals surface area contributed by atoms with Crippen LogP contribution in [0.1, 0.15) is 23.3 Å². The number of rotatable bonds is 7. The van der Waals surface area contributed by atoms with Crippen LogP contribution in [0.3, 0.4) is 0 Å². The number of hydrogen-bond acceptors (Lipinski definition) is 6. The number of aromatic nitrogens is 1. The van der Waals surface area contributed by atoms with E-state index in [1.54, 1.807) is 13.2 Å². The predicted octanol–water partition coefficient (Wildman–Crippen LogP) is 4.23. The maximum atomic E-state index is 13.0. The van der Waals surface area contributed by atoms with E-state index in [9.17, 15) is 4.79 Å². The molecule has 0 saturated carbocycles. The molecule has 0 atom stereocenters. The van der Waals surface area contributed by atoms with Gasteiger partial charge in [0.25, 0.3) is 5.91 Å². The van der Waals surface area contributed by atoms with Crippen molar-refractivity contribution in [2.24, 2.45) is 0 Å². The Morgan fingerprint density at radius 3 is 2.71 bits per heavy atom. The van der Waals surface area contributed by atoms with Crippen molar-refractivity contribution in [2.75, 3.05) is 39.1 Å². The largest absolute Gasteiger partial charge is 0.495 e. The Hall–Kier alpha value is -3.89. The predicted molar refractivity (Wildman–Crippen MR) is 135 cm³/mol. The van der Waals surface area contributed by atoms with Gasteiger partial charge in [-0.1, -0.05) is 36.9 Å². The lowest BCUT2D eigenvalue weighted by atomic mass is 9.99. The maximum absolute atomic E-state index is 13.0. The molecule has 7 nitrogen and oxygen atoms in total.